The van der Waals surface area contributed by atoms with Crippen LogP contribution in [0.3, 0.4) is 0 Å². The Kier molecular flexibility index (Phi) is 5.76. The van der Waals surface area contributed by atoms with E-state index in [9.17, 15) is 20.1 Å². The van der Waals surface area contributed by atoms with Crippen LogP contribution in [0.1, 0.15) is 6.92 Å². The lowest BCUT2D eigenvalue weighted by Crippen LogP contribution is -2.65. The second-order valence-electron chi connectivity index (χ2n) is 5.14. The Morgan fingerprint density at radius 2 is 1.91 bits per heavy atom. The first-order chi connectivity index (χ1) is 10.4. The zero-order valence-electron chi connectivity index (χ0n) is 11.9. The van der Waals surface area contributed by atoms with Crippen LogP contribution in [0, 0.1) is 0 Å². The molecule has 1 saturated heterocycles. The molecule has 7 nitrogen and oxygen atoms in total. The summed E-state index contributed by atoms with van der Waals surface area (Å²) in [7, 11) is 0. The van der Waals surface area contributed by atoms with Crippen LogP contribution in [0.4, 0.5) is 5.69 Å². The molecule has 1 heterocycles. The van der Waals surface area contributed by atoms with Gasteiger partial charge in [0, 0.05) is 17.1 Å². The fourth-order valence-corrected chi connectivity index (χ4v) is 2.61. The quantitative estimate of drug-likeness (QED) is 0.499. The molecule has 22 heavy (non-hydrogen) atoms. The molecule has 1 amide bonds. The Balaban J connectivity index is 2.18. The zero-order chi connectivity index (χ0) is 16.3. The minimum atomic E-state index is -1.29. The van der Waals surface area contributed by atoms with Gasteiger partial charge in [0.2, 0.25) is 5.91 Å². The Hall–Kier alpha value is -1.19. The smallest absolute Gasteiger partial charge is 0.217 e. The number of carbonyl (C=O) groups is 1. The lowest BCUT2D eigenvalue weighted by Gasteiger charge is -2.43. The van der Waals surface area contributed by atoms with Crippen molar-refractivity contribution in [3.05, 3.63) is 28.7 Å². The van der Waals surface area contributed by atoms with Gasteiger partial charge in [-0.1, -0.05) is 15.9 Å². The van der Waals surface area contributed by atoms with Crippen LogP contribution < -0.4 is 10.6 Å². The van der Waals surface area contributed by atoms with Gasteiger partial charge in [-0.05, 0) is 24.3 Å². The van der Waals surface area contributed by atoms with Gasteiger partial charge in [-0.15, -0.1) is 0 Å². The maximum Gasteiger partial charge on any atom is 0.217 e. The number of aliphatic hydroxyl groups is 3. The summed E-state index contributed by atoms with van der Waals surface area (Å²) in [6.45, 7) is 0.872. The lowest BCUT2D eigenvalue weighted by atomic mass is 9.96. The first kappa shape index (κ1) is 17.2. The van der Waals surface area contributed by atoms with Gasteiger partial charge in [0.15, 0.2) is 6.23 Å². The van der Waals surface area contributed by atoms with E-state index in [4.69, 9.17) is 4.74 Å². The van der Waals surface area contributed by atoms with Crippen molar-refractivity contribution < 1.29 is 24.9 Å². The Labute approximate surface area is 136 Å². The average Bonchev–Trinajstić information content (AvgIpc) is 2.48. The van der Waals surface area contributed by atoms with Crippen molar-refractivity contribution in [1.29, 1.82) is 0 Å². The van der Waals surface area contributed by atoms with Gasteiger partial charge in [0.05, 0.1) is 6.61 Å². The number of nitrogens with one attached hydrogen (secondary N) is 2. The third-order valence-electron chi connectivity index (χ3n) is 3.45. The van der Waals surface area contributed by atoms with Crippen LogP contribution in [0.5, 0.6) is 0 Å². The number of carbonyl (C=O) groups excluding carboxylic acids is 1. The second-order valence-corrected chi connectivity index (χ2v) is 6.05. The minimum Gasteiger partial charge on any atom is -0.394 e. The van der Waals surface area contributed by atoms with E-state index >= 15 is 0 Å². The van der Waals surface area contributed by atoms with Gasteiger partial charge in [0.1, 0.15) is 24.4 Å². The maximum atomic E-state index is 11.3. The van der Waals surface area contributed by atoms with Gasteiger partial charge in [-0.25, -0.2) is 0 Å². The second kappa shape index (κ2) is 7.38. The third-order valence-corrected chi connectivity index (χ3v) is 3.98. The highest BCUT2D eigenvalue weighted by Gasteiger charge is 2.44. The van der Waals surface area contributed by atoms with Crippen molar-refractivity contribution in [1.82, 2.24) is 5.32 Å². The summed E-state index contributed by atoms with van der Waals surface area (Å²) in [5, 5.41) is 34.9. The molecule has 0 spiro atoms. The van der Waals surface area contributed by atoms with Gasteiger partial charge >= 0.3 is 0 Å². The molecule has 1 aromatic carbocycles. The molecule has 0 bridgehead atoms. The molecule has 5 atom stereocenters. The normalized spacial score (nSPS) is 31.6. The molecule has 122 valence electrons. The number of hydrogen-bond acceptors (Lipinski definition) is 6. The van der Waals surface area contributed by atoms with Crippen molar-refractivity contribution in [3.63, 3.8) is 0 Å². The molecule has 0 radical (unpaired) electrons. The highest BCUT2D eigenvalue weighted by Crippen LogP contribution is 2.23. The molecule has 0 aromatic heterocycles. The third kappa shape index (κ3) is 3.96. The first-order valence-electron chi connectivity index (χ1n) is 6.84. The van der Waals surface area contributed by atoms with Crippen LogP contribution in [-0.4, -0.2) is 58.4 Å². The number of hydrogen-bond donors (Lipinski definition) is 5. The summed E-state index contributed by atoms with van der Waals surface area (Å²) in [6.07, 6.45) is -4.28. The Morgan fingerprint density at radius 1 is 1.27 bits per heavy atom. The van der Waals surface area contributed by atoms with Gasteiger partial charge < -0.3 is 30.7 Å². The molecule has 0 aliphatic carbocycles. The van der Waals surface area contributed by atoms with Crippen LogP contribution in [-0.2, 0) is 9.53 Å². The summed E-state index contributed by atoms with van der Waals surface area (Å²) in [6, 6.07) is 6.40. The van der Waals surface area contributed by atoms with Crippen molar-refractivity contribution in [2.75, 3.05) is 11.9 Å². The molecule has 8 heteroatoms. The van der Waals surface area contributed by atoms with E-state index < -0.39 is 37.2 Å². The number of benzene rings is 1. The average molecular weight is 375 g/mol. The number of halogens is 1. The standard InChI is InChI=1S/C14H19BrN2O5/c1-7(19)16-11-13(21)12(20)10(6-18)22-14(11)17-9-4-2-8(15)3-5-9/h2-5,10-14,17-18,20-21H,6H2,1H3,(H,16,19)/t10-,11+,12-,13-,14+/m1/s1. The monoisotopic (exact) mass is 374 g/mol. The van der Waals surface area contributed by atoms with Crippen molar-refractivity contribution >= 4 is 27.5 Å². The van der Waals surface area contributed by atoms with Crippen molar-refractivity contribution in [3.8, 4) is 0 Å². The van der Waals surface area contributed by atoms with Crippen LogP contribution in [0.2, 0.25) is 0 Å². The Morgan fingerprint density at radius 3 is 2.45 bits per heavy atom. The van der Waals surface area contributed by atoms with E-state index in [1.807, 2.05) is 12.1 Å². The fourth-order valence-electron chi connectivity index (χ4n) is 2.35. The maximum absolute atomic E-state index is 11.3. The highest BCUT2D eigenvalue weighted by atomic mass is 79.9. The van der Waals surface area contributed by atoms with Crippen LogP contribution in [0.15, 0.2) is 28.7 Å². The Bertz CT molecular complexity index is 512. The zero-order valence-corrected chi connectivity index (χ0v) is 13.5. The van der Waals surface area contributed by atoms with Crippen molar-refractivity contribution in [2.45, 2.75) is 37.5 Å². The molecule has 0 unspecified atom stereocenters. The molecule has 5 N–H and O–H groups in total. The highest BCUT2D eigenvalue weighted by molar-refractivity contribution is 9.10. The molecule has 1 aliphatic heterocycles. The summed E-state index contributed by atoms with van der Waals surface area (Å²) in [5.41, 5.74) is 0.712. The summed E-state index contributed by atoms with van der Waals surface area (Å²) < 4.78 is 6.48. The van der Waals surface area contributed by atoms with Gasteiger partial charge in [0.25, 0.3) is 0 Å². The SMILES string of the molecule is CC(=O)N[C@H]1[C@@H](O)[C@H](O)[C@@H](CO)O[C@@H]1Nc1ccc(Br)cc1. The van der Waals surface area contributed by atoms with Crippen molar-refractivity contribution in [2.24, 2.45) is 0 Å². The van der Waals surface area contributed by atoms with Crippen LogP contribution >= 0.6 is 15.9 Å². The topological polar surface area (TPSA) is 111 Å². The number of amides is 1. The molecule has 1 aliphatic rings. The van der Waals surface area contributed by atoms with E-state index in [2.05, 4.69) is 26.6 Å². The fraction of sp³-hybridized carbons (Fsp3) is 0.500. The molecular weight excluding hydrogens is 356 g/mol. The summed E-state index contributed by atoms with van der Waals surface area (Å²) in [4.78, 5) is 11.3. The first-order valence-corrected chi connectivity index (χ1v) is 7.63. The molecule has 1 aromatic rings. The van der Waals surface area contributed by atoms with E-state index in [-0.39, 0.29) is 5.91 Å². The number of ether oxygens (including phenoxy) is 1. The summed E-state index contributed by atoms with van der Waals surface area (Å²) >= 11 is 3.33. The number of aliphatic hydroxyl groups excluding tert-OH is 3. The number of rotatable bonds is 4. The largest absolute Gasteiger partial charge is 0.394 e. The summed E-state index contributed by atoms with van der Waals surface area (Å²) in [5.74, 6) is -0.357. The van der Waals surface area contributed by atoms with E-state index in [0.717, 1.165) is 4.47 Å². The van der Waals surface area contributed by atoms with Gasteiger partial charge in [-0.3, -0.25) is 4.79 Å². The molecule has 2 rings (SSSR count). The molecular formula is C14H19BrN2O5. The predicted octanol–water partition coefficient (Wildman–Crippen LogP) is -0.195. The van der Waals surface area contributed by atoms with E-state index in [0.29, 0.717) is 5.69 Å². The number of anilines is 1. The minimum absolute atomic E-state index is 0.357. The molecule has 0 saturated carbocycles. The molecule has 1 fully saturated rings. The van der Waals surface area contributed by atoms with E-state index in [1.54, 1.807) is 12.1 Å². The van der Waals surface area contributed by atoms with Gasteiger partial charge in [-0.2, -0.15) is 0 Å². The lowest BCUT2D eigenvalue weighted by molar-refractivity contribution is -0.188. The predicted molar refractivity (Wildman–Crippen MR) is 83.1 cm³/mol. The van der Waals surface area contributed by atoms with E-state index in [1.165, 1.54) is 6.92 Å². The van der Waals surface area contributed by atoms with Crippen LogP contribution in [0.25, 0.3) is 0 Å².